The molecule has 4 heteroatoms. The Labute approximate surface area is 200 Å². The zero-order chi connectivity index (χ0) is 20.1. The van der Waals surface area contributed by atoms with Crippen LogP contribution in [0.5, 0.6) is 0 Å². The van der Waals surface area contributed by atoms with Gasteiger partial charge in [0.05, 0.1) is 0 Å². The SMILES string of the molecule is [CH2-]C(Cl)(P(c1ccccc1)c1ccccc1)P(c1ccccc1)c1ccccc1.[Pd]. The topological polar surface area (TPSA) is 0 Å². The molecule has 0 amide bonds. The van der Waals surface area contributed by atoms with Gasteiger partial charge in [-0.25, -0.2) is 0 Å². The maximum absolute atomic E-state index is 7.55. The van der Waals surface area contributed by atoms with Gasteiger partial charge in [-0.1, -0.05) is 121 Å². The van der Waals surface area contributed by atoms with Gasteiger partial charge in [0.15, 0.2) is 0 Å². The minimum Gasteiger partial charge on any atom is -0.313 e. The van der Waals surface area contributed by atoms with E-state index in [0.29, 0.717) is 0 Å². The number of hydrogen-bond donors (Lipinski definition) is 0. The summed E-state index contributed by atoms with van der Waals surface area (Å²) >= 11 is 7.55. The summed E-state index contributed by atoms with van der Waals surface area (Å²) in [6.07, 6.45) is 0. The van der Waals surface area contributed by atoms with Crippen molar-refractivity contribution >= 4 is 48.7 Å². The summed E-state index contributed by atoms with van der Waals surface area (Å²) in [5, 5.41) is 4.99. The third kappa shape index (κ3) is 5.11. The Morgan fingerprint density at radius 3 is 0.867 bits per heavy atom. The number of hydrogen-bond acceptors (Lipinski definition) is 0. The number of halogens is 1. The molecule has 0 saturated carbocycles. The van der Waals surface area contributed by atoms with E-state index in [2.05, 4.69) is 121 Å². The van der Waals surface area contributed by atoms with Gasteiger partial charge in [-0.2, -0.15) is 0 Å². The van der Waals surface area contributed by atoms with Crippen LogP contribution in [0, 0.1) is 6.92 Å². The molecule has 4 aromatic rings. The Balaban J connectivity index is 0.00000256. The number of alkyl halides is 1. The maximum atomic E-state index is 7.55. The van der Waals surface area contributed by atoms with E-state index in [1.807, 2.05) is 0 Å². The van der Waals surface area contributed by atoms with Crippen molar-refractivity contribution in [3.05, 3.63) is 128 Å². The Kier molecular flexibility index (Phi) is 8.43. The predicted octanol–water partition coefficient (Wildman–Crippen LogP) is 5.98. The summed E-state index contributed by atoms with van der Waals surface area (Å²) in [6, 6.07) is 42.4. The van der Waals surface area contributed by atoms with Crippen molar-refractivity contribution in [2.75, 3.05) is 0 Å². The van der Waals surface area contributed by atoms with Gasteiger partial charge < -0.3 is 6.92 Å². The molecule has 0 unspecified atom stereocenters. The van der Waals surface area contributed by atoms with Crippen LogP contribution >= 0.6 is 27.4 Å². The van der Waals surface area contributed by atoms with E-state index in [1.165, 1.54) is 21.2 Å². The standard InChI is InChI=1S/C26H22ClP2.Pd/c1-26(27,28(22-14-6-2-7-15-22)23-16-8-3-9-17-23)29(24-18-10-4-11-19-24)25-20-12-5-13-21-25;/h2-21H,1H2;/q-1;. The summed E-state index contributed by atoms with van der Waals surface area (Å²) < 4.78 is -0.698. The van der Waals surface area contributed by atoms with Crippen LogP contribution in [0.3, 0.4) is 0 Å². The van der Waals surface area contributed by atoms with E-state index < -0.39 is 20.2 Å². The molecule has 0 saturated heterocycles. The maximum Gasteiger partial charge on any atom is 0 e. The van der Waals surface area contributed by atoms with Gasteiger partial charge >= 0.3 is 0 Å². The Hall–Kier alpha value is -1.31. The molecule has 0 heterocycles. The summed E-state index contributed by atoms with van der Waals surface area (Å²) in [6.45, 7) is 4.70. The first-order valence-electron chi connectivity index (χ1n) is 9.53. The van der Waals surface area contributed by atoms with E-state index in [9.17, 15) is 0 Å². The molecule has 0 spiro atoms. The zero-order valence-corrected chi connectivity index (χ0v) is 20.4. The fourth-order valence-electron chi connectivity index (χ4n) is 3.50. The van der Waals surface area contributed by atoms with Gasteiger partial charge in [-0.05, 0) is 41.4 Å². The van der Waals surface area contributed by atoms with E-state index in [-0.39, 0.29) is 20.4 Å². The molecule has 0 bridgehead atoms. The molecule has 0 aromatic heterocycles. The second-order valence-electron chi connectivity index (χ2n) is 6.73. The average Bonchev–Trinajstić information content (AvgIpc) is 2.77. The first kappa shape index (κ1) is 23.4. The van der Waals surface area contributed by atoms with Crippen molar-refractivity contribution < 1.29 is 20.4 Å². The van der Waals surface area contributed by atoms with Gasteiger partial charge in [-0.3, -0.25) is 0 Å². The van der Waals surface area contributed by atoms with Gasteiger partial charge in [0.1, 0.15) is 0 Å². The molecule has 0 aliphatic rings. The number of rotatable bonds is 6. The molecule has 0 radical (unpaired) electrons. The molecule has 0 nitrogen and oxygen atoms in total. The molecule has 154 valence electrons. The van der Waals surface area contributed by atoms with Crippen LogP contribution in [-0.4, -0.2) is 4.36 Å². The molecule has 0 atom stereocenters. The molecule has 0 aliphatic carbocycles. The number of benzene rings is 4. The van der Waals surface area contributed by atoms with Crippen LogP contribution in [0.1, 0.15) is 0 Å². The largest absolute Gasteiger partial charge is 0.313 e. The van der Waals surface area contributed by atoms with Gasteiger partial charge in [-0.15, -0.1) is 11.6 Å². The van der Waals surface area contributed by atoms with Crippen molar-refractivity contribution in [2.45, 2.75) is 4.36 Å². The Morgan fingerprint density at radius 1 is 0.467 bits per heavy atom. The summed E-state index contributed by atoms with van der Waals surface area (Å²) in [4.78, 5) is 0. The van der Waals surface area contributed by atoms with Crippen molar-refractivity contribution in [3.8, 4) is 0 Å². The van der Waals surface area contributed by atoms with Crippen LogP contribution in [0.4, 0.5) is 0 Å². The van der Waals surface area contributed by atoms with Crippen LogP contribution in [0.25, 0.3) is 0 Å². The fourth-order valence-corrected chi connectivity index (χ4v) is 10.9. The molecule has 0 aliphatic heterocycles. The quantitative estimate of drug-likeness (QED) is 0.123. The van der Waals surface area contributed by atoms with Crippen LogP contribution in [0.15, 0.2) is 121 Å². The Morgan fingerprint density at radius 2 is 0.667 bits per heavy atom. The van der Waals surface area contributed by atoms with E-state index in [1.54, 1.807) is 0 Å². The normalized spacial score (nSPS) is 11.3. The molecular formula is C26H22ClP2Pd-. The van der Waals surface area contributed by atoms with Gasteiger partial charge in [0.25, 0.3) is 0 Å². The summed E-state index contributed by atoms with van der Waals surface area (Å²) in [5.41, 5.74) is 0. The second-order valence-corrected chi connectivity index (χ2v) is 13.2. The Bertz CT molecular complexity index is 862. The smallest absolute Gasteiger partial charge is 0 e. The zero-order valence-electron chi connectivity index (χ0n) is 16.3. The van der Waals surface area contributed by atoms with Crippen molar-refractivity contribution in [1.82, 2.24) is 0 Å². The first-order chi connectivity index (χ1) is 14.2. The predicted molar refractivity (Wildman–Crippen MR) is 132 cm³/mol. The van der Waals surface area contributed by atoms with Crippen LogP contribution in [0.2, 0.25) is 0 Å². The summed E-state index contributed by atoms with van der Waals surface area (Å²) in [7, 11) is -1.80. The fraction of sp³-hybridized carbons (Fsp3) is 0.0385. The monoisotopic (exact) mass is 537 g/mol. The molecule has 0 N–H and O–H groups in total. The third-order valence-electron chi connectivity index (χ3n) is 4.74. The third-order valence-corrected chi connectivity index (χ3v) is 11.6. The minimum atomic E-state index is -0.898. The molecule has 4 rings (SSSR count). The van der Waals surface area contributed by atoms with Crippen molar-refractivity contribution in [1.29, 1.82) is 0 Å². The van der Waals surface area contributed by atoms with Crippen LogP contribution in [-0.2, 0) is 20.4 Å². The molecule has 0 fully saturated rings. The first-order valence-corrected chi connectivity index (χ1v) is 12.6. The van der Waals surface area contributed by atoms with Gasteiger partial charge in [0.2, 0.25) is 0 Å². The average molecular weight is 538 g/mol. The van der Waals surface area contributed by atoms with Crippen LogP contribution < -0.4 is 21.2 Å². The van der Waals surface area contributed by atoms with Gasteiger partial charge in [0, 0.05) is 20.4 Å². The van der Waals surface area contributed by atoms with E-state index in [4.69, 9.17) is 18.5 Å². The van der Waals surface area contributed by atoms with E-state index in [0.717, 1.165) is 0 Å². The second kappa shape index (κ2) is 10.8. The minimum absolute atomic E-state index is 0. The summed E-state index contributed by atoms with van der Waals surface area (Å²) in [5.74, 6) is 0. The van der Waals surface area contributed by atoms with E-state index >= 15 is 0 Å². The molecular weight excluding hydrogens is 516 g/mol. The molecule has 30 heavy (non-hydrogen) atoms. The van der Waals surface area contributed by atoms with Crippen molar-refractivity contribution in [3.63, 3.8) is 0 Å². The van der Waals surface area contributed by atoms with Crippen molar-refractivity contribution in [2.24, 2.45) is 0 Å². The molecule has 4 aromatic carbocycles.